The average Bonchev–Trinajstić information content (AvgIpc) is 2.35. The molecule has 1 unspecified atom stereocenters. The summed E-state index contributed by atoms with van der Waals surface area (Å²) in [5.41, 5.74) is 1.00. The maximum absolute atomic E-state index is 9.34. The Balaban J connectivity index is 2.13. The molecule has 0 saturated heterocycles. The van der Waals surface area contributed by atoms with Crippen LogP contribution in [-0.4, -0.2) is 23.6 Å². The fourth-order valence-corrected chi connectivity index (χ4v) is 1.70. The largest absolute Gasteiger partial charge is 0.390 e. The van der Waals surface area contributed by atoms with Gasteiger partial charge >= 0.3 is 0 Å². The maximum atomic E-state index is 9.34. The molecule has 2 N–H and O–H groups in total. The van der Waals surface area contributed by atoms with Crippen LogP contribution in [0.1, 0.15) is 0 Å². The number of halogens is 1. The second-order valence-corrected chi connectivity index (χ2v) is 4.06. The number of anilines is 1. The highest BCUT2D eigenvalue weighted by Crippen LogP contribution is 2.18. The number of fused-ring (bicyclic) bond motifs is 1. The number of hydrogen-bond acceptors (Lipinski definition) is 2. The summed E-state index contributed by atoms with van der Waals surface area (Å²) in [6, 6.07) is 14.3. The van der Waals surface area contributed by atoms with Gasteiger partial charge in [-0.05, 0) is 22.9 Å². The van der Waals surface area contributed by atoms with Gasteiger partial charge in [-0.2, -0.15) is 0 Å². The van der Waals surface area contributed by atoms with Gasteiger partial charge in [0.2, 0.25) is 0 Å². The fraction of sp³-hybridized carbons (Fsp3) is 0.231. The molecule has 2 aromatic rings. The molecule has 0 aromatic heterocycles. The molecule has 84 valence electrons. The Morgan fingerprint density at radius 2 is 1.88 bits per heavy atom. The van der Waals surface area contributed by atoms with E-state index in [1.54, 1.807) is 0 Å². The molecular weight excluding hydrogens is 222 g/mol. The van der Waals surface area contributed by atoms with Crippen molar-refractivity contribution in [3.05, 3.63) is 42.5 Å². The number of rotatable bonds is 4. The van der Waals surface area contributed by atoms with Crippen LogP contribution in [0.25, 0.3) is 10.8 Å². The van der Waals surface area contributed by atoms with Crippen LogP contribution in [0.15, 0.2) is 42.5 Å². The lowest BCUT2D eigenvalue weighted by Crippen LogP contribution is -2.20. The van der Waals surface area contributed by atoms with E-state index >= 15 is 0 Å². The first-order chi connectivity index (χ1) is 7.79. The molecule has 16 heavy (non-hydrogen) atoms. The average molecular weight is 236 g/mol. The van der Waals surface area contributed by atoms with Crippen molar-refractivity contribution in [2.45, 2.75) is 6.10 Å². The lowest BCUT2D eigenvalue weighted by Gasteiger charge is -2.10. The Morgan fingerprint density at radius 3 is 2.62 bits per heavy atom. The zero-order valence-corrected chi connectivity index (χ0v) is 9.61. The molecule has 0 heterocycles. The van der Waals surface area contributed by atoms with Gasteiger partial charge in [0.15, 0.2) is 0 Å². The third-order valence-electron chi connectivity index (χ3n) is 2.47. The van der Waals surface area contributed by atoms with Gasteiger partial charge in [0.05, 0.1) is 12.0 Å². The van der Waals surface area contributed by atoms with E-state index in [4.69, 9.17) is 11.6 Å². The first-order valence-electron chi connectivity index (χ1n) is 5.26. The molecule has 0 bridgehead atoms. The molecule has 2 rings (SSSR count). The second kappa shape index (κ2) is 5.19. The third-order valence-corrected chi connectivity index (χ3v) is 2.83. The van der Waals surface area contributed by atoms with Gasteiger partial charge in [0.25, 0.3) is 0 Å². The molecule has 0 amide bonds. The van der Waals surface area contributed by atoms with Crippen LogP contribution in [0, 0.1) is 0 Å². The van der Waals surface area contributed by atoms with E-state index in [9.17, 15) is 5.11 Å². The van der Waals surface area contributed by atoms with Crippen LogP contribution in [0.4, 0.5) is 5.69 Å². The number of aliphatic hydroxyl groups is 1. The summed E-state index contributed by atoms with van der Waals surface area (Å²) in [4.78, 5) is 0. The van der Waals surface area contributed by atoms with Crippen molar-refractivity contribution in [2.24, 2.45) is 0 Å². The van der Waals surface area contributed by atoms with Crippen molar-refractivity contribution in [2.75, 3.05) is 17.7 Å². The minimum atomic E-state index is -0.506. The van der Waals surface area contributed by atoms with E-state index in [-0.39, 0.29) is 5.88 Å². The molecule has 2 aromatic carbocycles. The predicted molar refractivity (Wildman–Crippen MR) is 69.2 cm³/mol. The minimum absolute atomic E-state index is 0.251. The smallest absolute Gasteiger partial charge is 0.0847 e. The highest BCUT2D eigenvalue weighted by Gasteiger charge is 2.01. The number of benzene rings is 2. The summed E-state index contributed by atoms with van der Waals surface area (Å²) in [7, 11) is 0. The van der Waals surface area contributed by atoms with E-state index < -0.39 is 6.10 Å². The third kappa shape index (κ3) is 2.65. The van der Waals surface area contributed by atoms with Crippen molar-refractivity contribution >= 4 is 28.1 Å². The quantitative estimate of drug-likeness (QED) is 0.799. The van der Waals surface area contributed by atoms with Crippen LogP contribution in [0.3, 0.4) is 0 Å². The minimum Gasteiger partial charge on any atom is -0.390 e. The van der Waals surface area contributed by atoms with Crippen molar-refractivity contribution in [1.82, 2.24) is 0 Å². The van der Waals surface area contributed by atoms with Crippen LogP contribution in [0.2, 0.25) is 0 Å². The maximum Gasteiger partial charge on any atom is 0.0847 e. The predicted octanol–water partition coefficient (Wildman–Crippen LogP) is 2.85. The van der Waals surface area contributed by atoms with Gasteiger partial charge in [0.1, 0.15) is 0 Å². The summed E-state index contributed by atoms with van der Waals surface area (Å²) < 4.78 is 0. The van der Waals surface area contributed by atoms with E-state index in [1.807, 2.05) is 18.2 Å². The Kier molecular flexibility index (Phi) is 3.65. The molecule has 2 nitrogen and oxygen atoms in total. The van der Waals surface area contributed by atoms with Gasteiger partial charge in [0, 0.05) is 12.2 Å². The molecule has 0 radical (unpaired) electrons. The Bertz CT molecular complexity index is 472. The molecular formula is C13H14ClNO. The van der Waals surface area contributed by atoms with E-state index in [2.05, 4.69) is 29.6 Å². The summed E-state index contributed by atoms with van der Waals surface area (Å²) in [6.07, 6.45) is -0.506. The summed E-state index contributed by atoms with van der Waals surface area (Å²) in [6.45, 7) is 0.474. The highest BCUT2D eigenvalue weighted by molar-refractivity contribution is 6.18. The Labute approximate surface area is 99.9 Å². The van der Waals surface area contributed by atoms with Crippen LogP contribution in [0.5, 0.6) is 0 Å². The van der Waals surface area contributed by atoms with Gasteiger partial charge in [-0.1, -0.05) is 30.3 Å². The van der Waals surface area contributed by atoms with Crippen LogP contribution >= 0.6 is 11.6 Å². The molecule has 0 spiro atoms. The SMILES string of the molecule is OC(CCl)CNc1ccc2ccccc2c1. The van der Waals surface area contributed by atoms with Gasteiger partial charge < -0.3 is 10.4 Å². The van der Waals surface area contributed by atoms with Gasteiger partial charge in [-0.25, -0.2) is 0 Å². The standard InChI is InChI=1S/C13H14ClNO/c14-8-13(16)9-15-12-6-5-10-3-1-2-4-11(10)7-12/h1-7,13,15-16H,8-9H2. The first-order valence-corrected chi connectivity index (χ1v) is 5.80. The van der Waals surface area contributed by atoms with Gasteiger partial charge in [-0.15, -0.1) is 11.6 Å². The van der Waals surface area contributed by atoms with Crippen LogP contribution < -0.4 is 5.32 Å². The topological polar surface area (TPSA) is 32.3 Å². The first kappa shape index (κ1) is 11.2. The molecule has 0 aliphatic heterocycles. The number of hydrogen-bond donors (Lipinski definition) is 2. The number of aliphatic hydroxyl groups excluding tert-OH is 1. The molecule has 1 atom stereocenters. The summed E-state index contributed by atoms with van der Waals surface area (Å²) in [5.74, 6) is 0.251. The van der Waals surface area contributed by atoms with E-state index in [0.29, 0.717) is 6.54 Å². The van der Waals surface area contributed by atoms with Gasteiger partial charge in [-0.3, -0.25) is 0 Å². The summed E-state index contributed by atoms with van der Waals surface area (Å²) >= 11 is 5.52. The Morgan fingerprint density at radius 1 is 1.12 bits per heavy atom. The van der Waals surface area contributed by atoms with Crippen LogP contribution in [-0.2, 0) is 0 Å². The molecule has 3 heteroatoms. The highest BCUT2D eigenvalue weighted by atomic mass is 35.5. The molecule has 0 aliphatic carbocycles. The zero-order chi connectivity index (χ0) is 11.4. The van der Waals surface area contributed by atoms with Crippen molar-refractivity contribution in [3.63, 3.8) is 0 Å². The van der Waals surface area contributed by atoms with E-state index in [0.717, 1.165) is 5.69 Å². The summed E-state index contributed by atoms with van der Waals surface area (Å²) in [5, 5.41) is 14.9. The lowest BCUT2D eigenvalue weighted by atomic mass is 10.1. The van der Waals surface area contributed by atoms with Crippen molar-refractivity contribution in [1.29, 1.82) is 0 Å². The van der Waals surface area contributed by atoms with Crippen molar-refractivity contribution in [3.8, 4) is 0 Å². The van der Waals surface area contributed by atoms with Crippen molar-refractivity contribution < 1.29 is 5.11 Å². The lowest BCUT2D eigenvalue weighted by molar-refractivity contribution is 0.211. The molecule has 0 fully saturated rings. The molecule has 0 saturated carbocycles. The number of alkyl halides is 1. The monoisotopic (exact) mass is 235 g/mol. The Hall–Kier alpha value is -1.25. The fourth-order valence-electron chi connectivity index (χ4n) is 1.59. The zero-order valence-electron chi connectivity index (χ0n) is 8.86. The number of nitrogens with one attached hydrogen (secondary N) is 1. The molecule has 0 aliphatic rings. The normalized spacial score (nSPS) is 12.6. The second-order valence-electron chi connectivity index (χ2n) is 3.75. The van der Waals surface area contributed by atoms with E-state index in [1.165, 1.54) is 10.8 Å².